The Morgan fingerprint density at radius 1 is 1.06 bits per heavy atom. The molecular formula is C14H16N2O2. The Morgan fingerprint density at radius 3 is 2.44 bits per heavy atom. The van der Waals surface area contributed by atoms with Crippen LogP contribution in [0.25, 0.3) is 0 Å². The van der Waals surface area contributed by atoms with E-state index in [0.717, 1.165) is 5.56 Å². The molecule has 0 radical (unpaired) electrons. The van der Waals surface area contributed by atoms with Gasteiger partial charge in [0.15, 0.2) is 0 Å². The van der Waals surface area contributed by atoms with Crippen LogP contribution in [-0.4, -0.2) is 9.13 Å². The van der Waals surface area contributed by atoms with Crippen LogP contribution in [0.5, 0.6) is 0 Å². The largest absolute Gasteiger partial charge is 0.330 e. The number of aromatic nitrogens is 2. The summed E-state index contributed by atoms with van der Waals surface area (Å²) in [6.45, 7) is 2.88. The second-order valence-electron chi connectivity index (χ2n) is 4.11. The fourth-order valence-corrected chi connectivity index (χ4v) is 1.89. The highest BCUT2D eigenvalue weighted by Crippen LogP contribution is 1.99. The summed E-state index contributed by atoms with van der Waals surface area (Å²) in [5.74, 6) is 0. The quantitative estimate of drug-likeness (QED) is 0.813. The normalized spacial score (nSPS) is 10.5. The van der Waals surface area contributed by atoms with Gasteiger partial charge in [-0.15, -0.1) is 0 Å². The van der Waals surface area contributed by atoms with Gasteiger partial charge >= 0.3 is 5.69 Å². The van der Waals surface area contributed by atoms with Crippen LogP contribution in [0.3, 0.4) is 0 Å². The molecule has 1 aromatic carbocycles. The predicted molar refractivity (Wildman–Crippen MR) is 70.8 cm³/mol. The zero-order chi connectivity index (χ0) is 13.0. The first-order valence-corrected chi connectivity index (χ1v) is 6.06. The molecule has 2 rings (SSSR count). The van der Waals surface area contributed by atoms with Crippen molar-refractivity contribution in [3.63, 3.8) is 0 Å². The van der Waals surface area contributed by atoms with Gasteiger partial charge in [-0.05, 0) is 18.9 Å². The molecule has 0 bridgehead atoms. The Labute approximate surface area is 105 Å². The molecule has 0 aliphatic rings. The van der Waals surface area contributed by atoms with E-state index in [2.05, 4.69) is 0 Å². The van der Waals surface area contributed by atoms with Gasteiger partial charge in [0.1, 0.15) is 0 Å². The smallest absolute Gasteiger partial charge is 0.301 e. The molecule has 0 unspecified atom stereocenters. The summed E-state index contributed by atoms with van der Waals surface area (Å²) in [4.78, 5) is 23.6. The third kappa shape index (κ3) is 2.59. The summed E-state index contributed by atoms with van der Waals surface area (Å²) < 4.78 is 2.82. The summed E-state index contributed by atoms with van der Waals surface area (Å²) in [6, 6.07) is 11.3. The Bertz CT molecular complexity index is 626. The van der Waals surface area contributed by atoms with Crippen molar-refractivity contribution in [1.29, 1.82) is 0 Å². The van der Waals surface area contributed by atoms with Crippen molar-refractivity contribution in [3.8, 4) is 0 Å². The molecule has 0 aliphatic heterocycles. The molecule has 2 aromatic rings. The molecule has 0 fully saturated rings. The lowest BCUT2D eigenvalue weighted by molar-refractivity contribution is 0.565. The standard InChI is InChI=1S/C14H16N2O2/c1-2-15-10-9-13(17)16(14(15)18)11-8-12-6-4-3-5-7-12/h3-7,9-10H,2,8,11H2,1H3. The number of rotatable bonds is 4. The van der Waals surface area contributed by atoms with E-state index in [1.165, 1.54) is 15.2 Å². The first kappa shape index (κ1) is 12.4. The molecule has 0 saturated heterocycles. The molecule has 1 heterocycles. The van der Waals surface area contributed by atoms with E-state index in [4.69, 9.17) is 0 Å². The minimum absolute atomic E-state index is 0.235. The zero-order valence-corrected chi connectivity index (χ0v) is 10.4. The van der Waals surface area contributed by atoms with E-state index >= 15 is 0 Å². The highest BCUT2D eigenvalue weighted by Gasteiger charge is 2.03. The Hall–Kier alpha value is -2.10. The molecule has 4 nitrogen and oxygen atoms in total. The molecule has 0 amide bonds. The van der Waals surface area contributed by atoms with E-state index in [1.807, 2.05) is 37.3 Å². The highest BCUT2D eigenvalue weighted by atomic mass is 16.2. The van der Waals surface area contributed by atoms with Gasteiger partial charge in [0.05, 0.1) is 0 Å². The minimum Gasteiger partial charge on any atom is -0.301 e. The number of hydrogen-bond donors (Lipinski definition) is 0. The summed E-state index contributed by atoms with van der Waals surface area (Å²) >= 11 is 0. The van der Waals surface area contributed by atoms with Crippen molar-refractivity contribution < 1.29 is 0 Å². The van der Waals surface area contributed by atoms with Gasteiger partial charge in [-0.1, -0.05) is 30.3 Å². The van der Waals surface area contributed by atoms with E-state index < -0.39 is 0 Å². The van der Waals surface area contributed by atoms with Gasteiger partial charge in [0.25, 0.3) is 5.56 Å². The maximum Gasteiger partial charge on any atom is 0.330 e. The lowest BCUT2D eigenvalue weighted by Crippen LogP contribution is -2.39. The van der Waals surface area contributed by atoms with E-state index in [9.17, 15) is 9.59 Å². The lowest BCUT2D eigenvalue weighted by Gasteiger charge is -2.08. The fourth-order valence-electron chi connectivity index (χ4n) is 1.89. The molecule has 0 atom stereocenters. The summed E-state index contributed by atoms with van der Waals surface area (Å²) in [7, 11) is 0. The van der Waals surface area contributed by atoms with Crippen molar-refractivity contribution in [2.75, 3.05) is 0 Å². The number of aryl methyl sites for hydroxylation is 2. The van der Waals surface area contributed by atoms with Crippen molar-refractivity contribution in [3.05, 3.63) is 69.0 Å². The number of nitrogens with zero attached hydrogens (tertiary/aromatic N) is 2. The van der Waals surface area contributed by atoms with Gasteiger partial charge in [-0.25, -0.2) is 4.79 Å². The molecule has 0 spiro atoms. The van der Waals surface area contributed by atoms with Crippen molar-refractivity contribution in [2.24, 2.45) is 0 Å². The number of hydrogen-bond acceptors (Lipinski definition) is 2. The Balaban J connectivity index is 2.25. The predicted octanol–water partition coefficient (Wildman–Crippen LogP) is 1.27. The Morgan fingerprint density at radius 2 is 1.78 bits per heavy atom. The topological polar surface area (TPSA) is 44.0 Å². The van der Waals surface area contributed by atoms with Crippen molar-refractivity contribution >= 4 is 0 Å². The molecule has 1 aromatic heterocycles. The molecule has 0 aliphatic carbocycles. The Kier molecular flexibility index (Phi) is 3.77. The zero-order valence-electron chi connectivity index (χ0n) is 10.4. The molecule has 0 saturated carbocycles. The first-order valence-electron chi connectivity index (χ1n) is 6.06. The third-order valence-electron chi connectivity index (χ3n) is 2.95. The van der Waals surface area contributed by atoms with Crippen LogP contribution in [0.4, 0.5) is 0 Å². The van der Waals surface area contributed by atoms with Crippen LogP contribution in [0.2, 0.25) is 0 Å². The van der Waals surface area contributed by atoms with Crippen LogP contribution in [0.15, 0.2) is 52.2 Å². The van der Waals surface area contributed by atoms with Gasteiger partial charge in [-0.2, -0.15) is 0 Å². The van der Waals surface area contributed by atoms with Crippen LogP contribution in [0, 0.1) is 0 Å². The van der Waals surface area contributed by atoms with Crippen LogP contribution < -0.4 is 11.2 Å². The van der Waals surface area contributed by atoms with Gasteiger partial charge in [0, 0.05) is 25.4 Å². The molecule has 0 N–H and O–H groups in total. The molecular weight excluding hydrogens is 228 g/mol. The van der Waals surface area contributed by atoms with Crippen molar-refractivity contribution in [2.45, 2.75) is 26.4 Å². The summed E-state index contributed by atoms with van der Waals surface area (Å²) in [5, 5.41) is 0. The van der Waals surface area contributed by atoms with E-state index in [-0.39, 0.29) is 11.2 Å². The summed E-state index contributed by atoms with van der Waals surface area (Å²) in [6.07, 6.45) is 2.23. The fraction of sp³-hybridized carbons (Fsp3) is 0.286. The molecule has 18 heavy (non-hydrogen) atoms. The molecule has 4 heteroatoms. The third-order valence-corrected chi connectivity index (χ3v) is 2.95. The maximum absolute atomic E-state index is 12.0. The maximum atomic E-state index is 12.0. The average molecular weight is 244 g/mol. The second kappa shape index (κ2) is 5.49. The van der Waals surface area contributed by atoms with Gasteiger partial charge in [-0.3, -0.25) is 9.36 Å². The summed E-state index contributed by atoms with van der Waals surface area (Å²) in [5.41, 5.74) is 0.650. The van der Waals surface area contributed by atoms with Crippen molar-refractivity contribution in [1.82, 2.24) is 9.13 Å². The van der Waals surface area contributed by atoms with Gasteiger partial charge < -0.3 is 4.57 Å². The van der Waals surface area contributed by atoms with E-state index in [0.29, 0.717) is 19.5 Å². The monoisotopic (exact) mass is 244 g/mol. The van der Waals surface area contributed by atoms with Crippen LogP contribution in [-0.2, 0) is 19.5 Å². The van der Waals surface area contributed by atoms with E-state index in [1.54, 1.807) is 6.20 Å². The van der Waals surface area contributed by atoms with Crippen LogP contribution >= 0.6 is 0 Å². The average Bonchev–Trinajstić information content (AvgIpc) is 2.40. The second-order valence-corrected chi connectivity index (χ2v) is 4.11. The molecule has 94 valence electrons. The first-order chi connectivity index (χ1) is 8.72. The van der Waals surface area contributed by atoms with Gasteiger partial charge in [0.2, 0.25) is 0 Å². The highest BCUT2D eigenvalue weighted by molar-refractivity contribution is 5.14. The SMILES string of the molecule is CCn1ccc(=O)n(CCc2ccccc2)c1=O. The lowest BCUT2D eigenvalue weighted by atomic mass is 10.1. The number of benzene rings is 1. The van der Waals surface area contributed by atoms with Crippen LogP contribution in [0.1, 0.15) is 12.5 Å². The minimum atomic E-state index is -0.236.